The minimum absolute atomic E-state index is 0.000842. The third kappa shape index (κ3) is 15.1. The van der Waals surface area contributed by atoms with Crippen LogP contribution in [0.5, 0.6) is 0 Å². The monoisotopic (exact) mass is 1050 g/mol. The number of carbonyl (C=O) groups is 2. The zero-order valence-electron chi connectivity index (χ0n) is 34.8. The van der Waals surface area contributed by atoms with Crippen LogP contribution in [0.1, 0.15) is 128 Å². The average molecular weight is 1050 g/mol. The molecule has 2 N–H and O–H groups in total. The van der Waals surface area contributed by atoms with Gasteiger partial charge in [-0.25, -0.2) is 0 Å². The first-order valence-corrected chi connectivity index (χ1v) is 20.2. The van der Waals surface area contributed by atoms with Gasteiger partial charge in [0.25, 0.3) is 0 Å². The van der Waals surface area contributed by atoms with Gasteiger partial charge < -0.3 is 10.6 Å². The molecule has 0 heterocycles. The van der Waals surface area contributed by atoms with Crippen LogP contribution in [-0.2, 0) is 9.59 Å². The molecule has 0 aromatic carbocycles. The van der Waals surface area contributed by atoms with Gasteiger partial charge in [-0.1, -0.05) is 83.5 Å². The Hall–Kier alpha value is -2.88. The van der Waals surface area contributed by atoms with E-state index in [9.17, 15) is 124 Å². The number of carbonyl (C=O) groups excluding carboxylic acids is 2. The van der Waals surface area contributed by atoms with Crippen LogP contribution in [0, 0.1) is 6.92 Å². The third-order valence-electron chi connectivity index (χ3n) is 10.3. The molecule has 0 saturated carbocycles. The van der Waals surface area contributed by atoms with Crippen LogP contribution < -0.4 is 10.6 Å². The number of alkyl halides is 26. The second kappa shape index (κ2) is 23.8. The van der Waals surface area contributed by atoms with Gasteiger partial charge in [0.05, 0.1) is 0 Å². The van der Waals surface area contributed by atoms with Crippen molar-refractivity contribution in [3.63, 3.8) is 0 Å². The summed E-state index contributed by atoms with van der Waals surface area (Å²) in [4.78, 5) is 24.3. The van der Waals surface area contributed by atoms with Crippen molar-refractivity contribution in [1.82, 2.24) is 10.6 Å². The molecule has 0 aliphatic rings. The topological polar surface area (TPSA) is 58.2 Å². The van der Waals surface area contributed by atoms with Crippen molar-refractivity contribution in [3.8, 4) is 0 Å². The molecule has 0 saturated heterocycles. The maximum absolute atomic E-state index is 13.9. The van der Waals surface area contributed by atoms with E-state index in [0.29, 0.717) is 51.4 Å². The van der Waals surface area contributed by atoms with E-state index in [1.54, 1.807) is 0 Å². The van der Waals surface area contributed by atoms with Crippen LogP contribution in [0.3, 0.4) is 0 Å². The number of halogens is 26. The van der Waals surface area contributed by atoms with Crippen molar-refractivity contribution in [2.45, 2.75) is 206 Å². The smallest absolute Gasteiger partial charge is 0.354 e. The summed E-state index contributed by atoms with van der Waals surface area (Å²) in [6, 6.07) is -1.22. The lowest BCUT2D eigenvalue weighted by atomic mass is 9.91. The molecule has 0 bridgehead atoms. The number of unbranched alkanes of at least 4 members (excludes halogenated alkanes) is 15. The zero-order chi connectivity index (χ0) is 53.0. The summed E-state index contributed by atoms with van der Waals surface area (Å²) in [5.41, 5.74) is 0. The zero-order valence-corrected chi connectivity index (χ0v) is 34.8. The van der Waals surface area contributed by atoms with E-state index in [1.807, 2.05) is 0 Å². The second-order valence-electron chi connectivity index (χ2n) is 15.7. The van der Waals surface area contributed by atoms with Gasteiger partial charge in [0.2, 0.25) is 11.8 Å². The minimum Gasteiger partial charge on any atom is -0.354 e. The fourth-order valence-electron chi connectivity index (χ4n) is 5.99. The molecule has 30 heteroatoms. The Labute approximate surface area is 366 Å². The van der Waals surface area contributed by atoms with Gasteiger partial charge in [-0.15, -0.1) is 0 Å². The molecule has 1 atom stereocenters. The maximum Gasteiger partial charge on any atom is 0.460 e. The molecule has 0 aromatic heterocycles. The van der Waals surface area contributed by atoms with Crippen molar-refractivity contribution in [2.24, 2.45) is 0 Å². The highest BCUT2D eigenvalue weighted by Gasteiger charge is 2.92. The van der Waals surface area contributed by atoms with Crippen LogP contribution in [0.25, 0.3) is 0 Å². The van der Waals surface area contributed by atoms with E-state index >= 15 is 0 Å². The Kier molecular flexibility index (Phi) is 22.8. The number of nitrogens with one attached hydrogen (secondary N) is 2. The van der Waals surface area contributed by atoms with Crippen LogP contribution in [0.2, 0.25) is 0 Å². The Morgan fingerprint density at radius 2 is 0.597 bits per heavy atom. The predicted molar refractivity (Wildman–Crippen MR) is 184 cm³/mol. The first-order chi connectivity index (χ1) is 29.9. The van der Waals surface area contributed by atoms with E-state index in [-0.39, 0.29) is 57.9 Å². The van der Waals surface area contributed by atoms with Crippen molar-refractivity contribution in [3.05, 3.63) is 6.92 Å². The predicted octanol–water partition coefficient (Wildman–Crippen LogP) is 14.7. The van der Waals surface area contributed by atoms with E-state index in [0.717, 1.165) is 0 Å². The summed E-state index contributed by atoms with van der Waals surface area (Å²) in [6.45, 7) is 3.63. The highest BCUT2D eigenvalue weighted by atomic mass is 19.4. The molecule has 0 aliphatic carbocycles. The van der Waals surface area contributed by atoms with E-state index in [1.165, 1.54) is 0 Å². The largest absolute Gasteiger partial charge is 0.460 e. The summed E-state index contributed by atoms with van der Waals surface area (Å²) in [6.07, 6.45) is -17.8. The van der Waals surface area contributed by atoms with Gasteiger partial charge >= 0.3 is 71.6 Å². The van der Waals surface area contributed by atoms with Gasteiger partial charge in [0.1, 0.15) is 6.04 Å². The molecule has 0 rings (SSSR count). The van der Waals surface area contributed by atoms with Gasteiger partial charge in [-0.3, -0.25) is 9.59 Å². The molecule has 1 radical (unpaired) electrons. The van der Waals surface area contributed by atoms with E-state index in [4.69, 9.17) is 0 Å². The summed E-state index contributed by atoms with van der Waals surface area (Å²) in [5, 5.41) is 4.82. The van der Waals surface area contributed by atoms with Crippen LogP contribution in [0.15, 0.2) is 0 Å². The molecule has 1 unspecified atom stereocenters. The number of rotatable bonds is 33. The van der Waals surface area contributed by atoms with Crippen molar-refractivity contribution >= 4 is 11.8 Å². The normalized spacial score (nSPS) is 15.2. The highest BCUT2D eigenvalue weighted by Crippen LogP contribution is 2.62. The van der Waals surface area contributed by atoms with Crippen molar-refractivity contribution < 1.29 is 124 Å². The summed E-state index contributed by atoms with van der Waals surface area (Å²) in [5.74, 6) is -75.1. The first-order valence-electron chi connectivity index (χ1n) is 20.2. The standard InChI is InChI=1S/C37H47F26N2O2/c1-23(65-24(66)19-15-11-7-3-5-9-13-17-21-27(40,41)29(44,45)31(48,49)33(52,53)35(56,57)37(61,62)63)25(67)64-22-18-14-10-6-2-4-8-12-16-20-26(38,39)28(42,43)30(46,47)32(50,51)34(54,55)36(58,59)60/h23H,1-22H2,(H,64,67)(H,65,66). The fourth-order valence-corrected chi connectivity index (χ4v) is 5.99. The van der Waals surface area contributed by atoms with E-state index in [2.05, 4.69) is 17.6 Å². The second-order valence-corrected chi connectivity index (χ2v) is 15.7. The number of amides is 2. The molecule has 0 aliphatic heterocycles. The molecule has 4 nitrogen and oxygen atoms in total. The summed E-state index contributed by atoms with van der Waals surface area (Å²) in [7, 11) is 0. The Morgan fingerprint density at radius 3 is 0.896 bits per heavy atom. The minimum atomic E-state index is -7.95. The van der Waals surface area contributed by atoms with Gasteiger partial charge in [0, 0.05) is 25.8 Å². The van der Waals surface area contributed by atoms with Gasteiger partial charge in [-0.05, 0) is 32.6 Å². The van der Waals surface area contributed by atoms with Crippen LogP contribution in [-0.4, -0.2) is 96.0 Å². The average Bonchev–Trinajstić information content (AvgIpc) is 3.17. The fraction of sp³-hybridized carbons (Fsp3) is 0.919. The molecule has 0 aromatic rings. The SMILES string of the molecule is [CH2]C(NC(=O)CCCCCCCCCCC(F)(F)C(F)(F)C(F)(F)C(F)(F)C(F)(F)C(F)(F)F)C(=O)NCCCCCCCCCCCC(F)(F)C(F)(F)C(F)(F)C(F)(F)C(F)(F)C(F)(F)F. The highest BCUT2D eigenvalue weighted by molar-refractivity contribution is 5.88. The lowest BCUT2D eigenvalue weighted by molar-refractivity contribution is -0.440. The third-order valence-corrected chi connectivity index (χ3v) is 10.3. The van der Waals surface area contributed by atoms with Crippen molar-refractivity contribution in [2.75, 3.05) is 6.54 Å². The lowest BCUT2D eigenvalue weighted by Gasteiger charge is -2.39. The molecular formula is C37H47F26N2O2. The summed E-state index contributed by atoms with van der Waals surface area (Å²) < 4.78 is 343. The Bertz CT molecular complexity index is 1510. The summed E-state index contributed by atoms with van der Waals surface area (Å²) >= 11 is 0. The molecule has 399 valence electrons. The van der Waals surface area contributed by atoms with Gasteiger partial charge in [0.15, 0.2) is 0 Å². The molecule has 0 fully saturated rings. The van der Waals surface area contributed by atoms with Crippen LogP contribution >= 0.6 is 0 Å². The molecule has 2 amide bonds. The first kappa shape index (κ1) is 64.1. The maximum atomic E-state index is 13.9. The van der Waals surface area contributed by atoms with Crippen LogP contribution in [0.4, 0.5) is 114 Å². The quantitative estimate of drug-likeness (QED) is 0.0508. The molecule has 67 heavy (non-hydrogen) atoms. The number of hydrogen-bond donors (Lipinski definition) is 2. The number of hydrogen-bond acceptors (Lipinski definition) is 2. The van der Waals surface area contributed by atoms with Crippen molar-refractivity contribution in [1.29, 1.82) is 0 Å². The lowest BCUT2D eigenvalue weighted by Crippen LogP contribution is -2.70. The Morgan fingerprint density at radius 1 is 0.343 bits per heavy atom. The molecular weight excluding hydrogens is 998 g/mol. The molecule has 0 spiro atoms. The van der Waals surface area contributed by atoms with E-state index < -0.39 is 115 Å². The van der Waals surface area contributed by atoms with Gasteiger partial charge in [-0.2, -0.15) is 114 Å². The Balaban J connectivity index is 4.29.